The van der Waals surface area contributed by atoms with E-state index < -0.39 is 8.07 Å². The van der Waals surface area contributed by atoms with Gasteiger partial charge in [-0.3, -0.25) is 0 Å². The van der Waals surface area contributed by atoms with Crippen LogP contribution < -0.4 is 31.7 Å². The second-order valence-electron chi connectivity index (χ2n) is 14.7. The van der Waals surface area contributed by atoms with Crippen molar-refractivity contribution < 1.29 is 4.42 Å². The van der Waals surface area contributed by atoms with Gasteiger partial charge in [0.1, 0.15) is 13.7 Å². The number of nitrogens with zero attached hydrogens (tertiary/aromatic N) is 2. The minimum absolute atomic E-state index is 0.193. The molecule has 0 radical (unpaired) electrons. The molecule has 5 heteroatoms. The lowest BCUT2D eigenvalue weighted by Crippen LogP contribution is -2.78. The molecule has 2 atom stereocenters. The highest BCUT2D eigenvalue weighted by molar-refractivity contribution is 7.15. The molecule has 2 aromatic heterocycles. The molecular weight excluding hydrogens is 575 g/mol. The monoisotopic (exact) mass is 610 g/mol. The van der Waals surface area contributed by atoms with Crippen molar-refractivity contribution >= 4 is 85.9 Å². The van der Waals surface area contributed by atoms with Gasteiger partial charge in [-0.15, -0.1) is 0 Å². The van der Waals surface area contributed by atoms with Crippen molar-refractivity contribution in [2.75, 3.05) is 4.90 Å². The number of aryl methyl sites for hydroxylation is 1. The Hall–Kier alpha value is -4.48. The number of hydrogen-bond donors (Lipinski definition) is 0. The fourth-order valence-electron chi connectivity index (χ4n) is 10.3. The molecule has 7 aromatic rings. The number of fused-ring (bicyclic) bond motifs is 13. The number of hydrogen-bond acceptors (Lipinski definition) is 2. The number of furan rings is 1. The molecule has 1 saturated carbocycles. The lowest BCUT2D eigenvalue weighted by Gasteiger charge is -2.43. The molecule has 46 heavy (non-hydrogen) atoms. The summed E-state index contributed by atoms with van der Waals surface area (Å²) in [6.07, 6.45) is 5.15. The predicted octanol–water partition coefficient (Wildman–Crippen LogP) is 6.89. The molecule has 0 amide bonds. The predicted molar refractivity (Wildman–Crippen MR) is 197 cm³/mol. The normalized spacial score (nSPS) is 20.2. The lowest BCUT2D eigenvalue weighted by molar-refractivity contribution is 0.393. The van der Waals surface area contributed by atoms with E-state index in [0.717, 1.165) is 11.5 Å². The molecule has 222 valence electrons. The molecule has 1 aliphatic carbocycles. The number of rotatable bonds is 1. The van der Waals surface area contributed by atoms with Gasteiger partial charge in [-0.25, -0.2) is 0 Å². The van der Waals surface area contributed by atoms with Crippen LogP contribution in [0.15, 0.2) is 101 Å². The van der Waals surface area contributed by atoms with E-state index in [9.17, 15) is 0 Å². The van der Waals surface area contributed by atoms with Crippen molar-refractivity contribution in [1.29, 1.82) is 0 Å². The largest absolute Gasteiger partial charge is 0.441 e. The molecule has 1 fully saturated rings. The molecule has 0 N–H and O–H groups in total. The minimum Gasteiger partial charge on any atom is -0.441 e. The van der Waals surface area contributed by atoms with E-state index in [4.69, 9.17) is 4.42 Å². The molecule has 0 bridgehead atoms. The van der Waals surface area contributed by atoms with Crippen LogP contribution >= 0.6 is 0 Å². The fourth-order valence-corrected chi connectivity index (χ4v) is 13.5. The highest BCUT2D eigenvalue weighted by Crippen LogP contribution is 2.52. The van der Waals surface area contributed by atoms with Crippen LogP contribution in [0.5, 0.6) is 0 Å². The van der Waals surface area contributed by atoms with Gasteiger partial charge in [0, 0.05) is 57.3 Å². The van der Waals surface area contributed by atoms with Gasteiger partial charge in [0.2, 0.25) is 0 Å². The number of para-hydroxylation sites is 1. The number of anilines is 2. The Bertz CT molecular complexity index is 2470. The summed E-state index contributed by atoms with van der Waals surface area (Å²) in [6, 6.07) is 37.5. The van der Waals surface area contributed by atoms with Gasteiger partial charge in [-0.05, 0) is 59.3 Å². The first-order chi connectivity index (χ1) is 22.5. The van der Waals surface area contributed by atoms with Crippen LogP contribution in [0.1, 0.15) is 37.2 Å². The van der Waals surface area contributed by atoms with E-state index in [0.29, 0.717) is 12.0 Å². The van der Waals surface area contributed by atoms with E-state index in [1.54, 1.807) is 21.4 Å². The van der Waals surface area contributed by atoms with E-state index in [1.807, 2.05) is 0 Å². The van der Waals surface area contributed by atoms with Gasteiger partial charge in [0.15, 0.2) is 5.88 Å². The van der Waals surface area contributed by atoms with Gasteiger partial charge >= 0.3 is 0 Å². The number of benzene rings is 5. The zero-order valence-corrected chi connectivity index (χ0v) is 27.6. The maximum atomic E-state index is 7.08. The Morgan fingerprint density at radius 2 is 1.59 bits per heavy atom. The molecule has 0 saturated heterocycles. The van der Waals surface area contributed by atoms with E-state index in [-0.39, 0.29) is 6.71 Å². The molecular formula is C41H35BN2OSi. The summed E-state index contributed by atoms with van der Waals surface area (Å²) in [4.78, 5) is 2.70. The molecule has 3 nitrogen and oxygen atoms in total. The molecule has 4 aliphatic rings. The second kappa shape index (κ2) is 8.65. The first-order valence-corrected chi connectivity index (χ1v) is 20.1. The first-order valence-electron chi connectivity index (χ1n) is 17.1. The van der Waals surface area contributed by atoms with Gasteiger partial charge in [0.25, 0.3) is 6.71 Å². The smallest absolute Gasteiger partial charge is 0.251 e. The minimum atomic E-state index is -1.91. The Morgan fingerprint density at radius 3 is 2.52 bits per heavy atom. The highest BCUT2D eigenvalue weighted by atomic mass is 28.3. The summed E-state index contributed by atoms with van der Waals surface area (Å²) in [7, 11) is 0.281. The molecule has 5 aromatic carbocycles. The molecule has 5 heterocycles. The maximum absolute atomic E-state index is 7.08. The average Bonchev–Trinajstić information content (AvgIpc) is 3.73. The van der Waals surface area contributed by atoms with Crippen LogP contribution in [0.4, 0.5) is 11.6 Å². The second-order valence-corrected chi connectivity index (χ2v) is 19.1. The molecule has 3 aliphatic heterocycles. The van der Waals surface area contributed by atoms with Gasteiger partial charge in [-0.1, -0.05) is 115 Å². The van der Waals surface area contributed by atoms with E-state index in [2.05, 4.69) is 127 Å². The van der Waals surface area contributed by atoms with Crippen molar-refractivity contribution in [2.45, 2.75) is 50.7 Å². The zero-order valence-electron chi connectivity index (χ0n) is 26.6. The van der Waals surface area contributed by atoms with Gasteiger partial charge in [-0.2, -0.15) is 0 Å². The van der Waals surface area contributed by atoms with Gasteiger partial charge < -0.3 is 13.9 Å². The Labute approximate surface area is 270 Å². The Balaban J connectivity index is 1.23. The third kappa shape index (κ3) is 2.97. The summed E-state index contributed by atoms with van der Waals surface area (Å²) in [5.41, 5.74) is 13.7. The SMILES string of the molecule is Cn1c2ccccc2c2c(-c3ccc4oc5c(c4c3)B3c4ccccc4[Si](C)(C)c4ccc6c(c43)N5C3CCCCC63)cccc21. The standard InChI is InChI=1S/C41H35BN2OSi/c1-43-31-15-7-5-12-28(31)37-25(13-10-17-33(37)43)24-19-21-34-29(23-24)38-41(45-34)44-32-16-8-4-11-26(32)27-20-22-36-39(40(27)44)42(38)30-14-6-9-18-35(30)46(36,2)3/h5-7,9-10,12-15,17-23,26,32H,4,8,11,16H2,1-3H3. The molecule has 11 rings (SSSR count). The van der Waals surface area contributed by atoms with Crippen molar-refractivity contribution in [3.63, 3.8) is 0 Å². The maximum Gasteiger partial charge on any atom is 0.251 e. The van der Waals surface area contributed by atoms with Crippen LogP contribution in [0.3, 0.4) is 0 Å². The van der Waals surface area contributed by atoms with Crippen LogP contribution in [0, 0.1) is 0 Å². The lowest BCUT2D eigenvalue weighted by atomic mass is 9.35. The van der Waals surface area contributed by atoms with Crippen molar-refractivity contribution in [2.24, 2.45) is 7.05 Å². The third-order valence-corrected chi connectivity index (χ3v) is 15.9. The highest BCUT2D eigenvalue weighted by Gasteiger charge is 2.54. The summed E-state index contributed by atoms with van der Waals surface area (Å²) < 4.78 is 9.42. The van der Waals surface area contributed by atoms with Crippen LogP contribution in [0.25, 0.3) is 43.9 Å². The molecule has 0 spiro atoms. The summed E-state index contributed by atoms with van der Waals surface area (Å²) in [5.74, 6) is 1.70. The third-order valence-electron chi connectivity index (χ3n) is 12.3. The molecule has 2 unspecified atom stereocenters. The quantitative estimate of drug-likeness (QED) is 0.189. The van der Waals surface area contributed by atoms with Crippen molar-refractivity contribution in [3.05, 3.63) is 103 Å². The number of aromatic nitrogens is 1. The first kappa shape index (κ1) is 25.7. The summed E-state index contributed by atoms with van der Waals surface area (Å²) >= 11 is 0. The van der Waals surface area contributed by atoms with Crippen molar-refractivity contribution in [3.8, 4) is 11.1 Å². The Morgan fingerprint density at radius 1 is 0.761 bits per heavy atom. The van der Waals surface area contributed by atoms with Crippen LogP contribution in [-0.4, -0.2) is 25.4 Å². The summed E-state index contributed by atoms with van der Waals surface area (Å²) in [6.45, 7) is 5.33. The zero-order chi connectivity index (χ0) is 30.5. The van der Waals surface area contributed by atoms with E-state index >= 15 is 0 Å². The van der Waals surface area contributed by atoms with Crippen molar-refractivity contribution in [1.82, 2.24) is 4.57 Å². The summed E-state index contributed by atoms with van der Waals surface area (Å²) in [5, 5.41) is 7.11. The average molecular weight is 611 g/mol. The fraction of sp³-hybridized carbons (Fsp3) is 0.220. The Kier molecular flexibility index (Phi) is 4.83. The van der Waals surface area contributed by atoms with E-state index in [1.165, 1.54) is 80.6 Å². The van der Waals surface area contributed by atoms with Gasteiger partial charge in [0.05, 0.1) is 0 Å². The topological polar surface area (TPSA) is 21.3 Å². The van der Waals surface area contributed by atoms with Crippen LogP contribution in [-0.2, 0) is 7.05 Å². The van der Waals surface area contributed by atoms with Crippen LogP contribution in [0.2, 0.25) is 13.1 Å².